The Morgan fingerprint density at radius 1 is 0.646 bits per heavy atom. The molecule has 0 bridgehead atoms. The van der Waals surface area contributed by atoms with Gasteiger partial charge in [0, 0.05) is 0 Å². The number of hydrogen-bond acceptors (Lipinski definition) is 0. The van der Waals surface area contributed by atoms with Crippen LogP contribution in [0, 0.1) is 0 Å². The SMILES string of the molecule is CCC1=C(C)[CH]([Zr]([Cl])([Cl])([CH]2C(C)=Cc3c(-c4ccc(C(C)(C)C)cc4)cccc32)[SiH](C)C)c2cccc(-c3ccc(C(C)(C)C)cc3)c21. The van der Waals surface area contributed by atoms with Crippen LogP contribution in [-0.4, -0.2) is 5.92 Å². The van der Waals surface area contributed by atoms with E-state index >= 15 is 0 Å². The first-order valence-corrected chi connectivity index (χ1v) is 34.1. The van der Waals surface area contributed by atoms with Gasteiger partial charge in [-0.3, -0.25) is 0 Å². The topological polar surface area (TPSA) is 0 Å². The van der Waals surface area contributed by atoms with Gasteiger partial charge in [-0.15, -0.1) is 0 Å². The Morgan fingerprint density at radius 3 is 1.60 bits per heavy atom. The number of halogens is 2. The molecule has 2 atom stereocenters. The van der Waals surface area contributed by atoms with Gasteiger partial charge in [-0.2, -0.15) is 0 Å². The summed E-state index contributed by atoms with van der Waals surface area (Å²) in [5.41, 5.74) is 17.6. The van der Waals surface area contributed by atoms with Gasteiger partial charge in [-0.1, -0.05) is 0 Å². The molecule has 0 N–H and O–H groups in total. The first-order valence-electron chi connectivity index (χ1n) is 17.8. The quantitative estimate of drug-likeness (QED) is 0.171. The van der Waals surface area contributed by atoms with Crippen LogP contribution in [0.4, 0.5) is 0 Å². The Balaban J connectivity index is 1.52. The van der Waals surface area contributed by atoms with E-state index in [4.69, 9.17) is 17.0 Å². The molecule has 0 nitrogen and oxygen atoms in total. The summed E-state index contributed by atoms with van der Waals surface area (Å²) in [6.45, 7) is 25.5. The second-order valence-corrected chi connectivity index (χ2v) is 59.4. The molecule has 4 heteroatoms. The van der Waals surface area contributed by atoms with Crippen molar-refractivity contribution < 1.29 is 15.6 Å². The summed E-state index contributed by atoms with van der Waals surface area (Å²) < 4.78 is 0.179. The molecule has 0 radical (unpaired) electrons. The molecule has 0 aromatic heterocycles. The molecule has 0 saturated heterocycles. The third kappa shape index (κ3) is 5.66. The van der Waals surface area contributed by atoms with Gasteiger partial charge in [0.25, 0.3) is 0 Å². The number of rotatable bonds is 6. The normalized spacial score (nSPS) is 18.9. The zero-order valence-electron chi connectivity index (χ0n) is 30.9. The molecule has 2 unspecified atom stereocenters. The fourth-order valence-electron chi connectivity index (χ4n) is 8.83. The van der Waals surface area contributed by atoms with Crippen molar-refractivity contribution in [3.05, 3.63) is 129 Å². The summed E-state index contributed by atoms with van der Waals surface area (Å²) in [4.78, 5) is 0. The third-order valence-electron chi connectivity index (χ3n) is 11.6. The fourth-order valence-corrected chi connectivity index (χ4v) is 41.7. The summed E-state index contributed by atoms with van der Waals surface area (Å²) in [5.74, 6) is -1.62. The Morgan fingerprint density at radius 2 is 1.12 bits per heavy atom. The maximum atomic E-state index is 8.61. The molecule has 2 aliphatic rings. The van der Waals surface area contributed by atoms with Crippen LogP contribution in [0.3, 0.4) is 0 Å². The van der Waals surface area contributed by atoms with Crippen LogP contribution >= 0.6 is 17.0 Å². The van der Waals surface area contributed by atoms with Gasteiger partial charge in [-0.25, -0.2) is 0 Å². The van der Waals surface area contributed by atoms with Gasteiger partial charge in [0.15, 0.2) is 0 Å². The monoisotopic (exact) mass is 769 g/mol. The number of fused-ring (bicyclic) bond motifs is 2. The van der Waals surface area contributed by atoms with Crippen molar-refractivity contribution in [1.29, 1.82) is 0 Å². The minimum atomic E-state index is -4.80. The minimum absolute atomic E-state index is 0.0870. The molecule has 0 amide bonds. The van der Waals surface area contributed by atoms with Gasteiger partial charge >= 0.3 is 302 Å². The Hall–Kier alpha value is -1.96. The van der Waals surface area contributed by atoms with E-state index in [0.717, 1.165) is 6.42 Å². The molecule has 4 aromatic rings. The van der Waals surface area contributed by atoms with E-state index in [0.29, 0.717) is 0 Å². The van der Waals surface area contributed by atoms with Crippen LogP contribution < -0.4 is 0 Å². The molecule has 0 aliphatic heterocycles. The van der Waals surface area contributed by atoms with Crippen LogP contribution in [0.15, 0.2) is 96.1 Å². The van der Waals surface area contributed by atoms with Gasteiger partial charge in [0.1, 0.15) is 0 Å². The molecule has 0 heterocycles. The Labute approximate surface area is 299 Å². The molecule has 48 heavy (non-hydrogen) atoms. The second-order valence-electron chi connectivity index (χ2n) is 16.9. The van der Waals surface area contributed by atoms with Crippen molar-refractivity contribution in [3.63, 3.8) is 0 Å². The third-order valence-corrected chi connectivity index (χ3v) is 63.8. The van der Waals surface area contributed by atoms with Crippen LogP contribution in [-0.2, 0) is 26.4 Å². The van der Waals surface area contributed by atoms with E-state index in [-0.39, 0.29) is 18.1 Å². The van der Waals surface area contributed by atoms with Crippen LogP contribution in [0.25, 0.3) is 33.9 Å². The molecule has 4 aromatic carbocycles. The first-order chi connectivity index (χ1) is 22.4. The Kier molecular flexibility index (Phi) is 9.24. The van der Waals surface area contributed by atoms with E-state index in [1.807, 2.05) is 0 Å². The number of benzene rings is 4. The van der Waals surface area contributed by atoms with Gasteiger partial charge in [0.05, 0.1) is 0 Å². The van der Waals surface area contributed by atoms with E-state index < -0.39 is 21.5 Å². The van der Waals surface area contributed by atoms with Crippen LogP contribution in [0.2, 0.25) is 13.1 Å². The Bertz CT molecular complexity index is 1950. The maximum absolute atomic E-state index is 8.61. The number of allylic oxidation sites excluding steroid dienone is 3. The van der Waals surface area contributed by atoms with Crippen LogP contribution in [0.1, 0.15) is 109 Å². The van der Waals surface area contributed by atoms with Crippen molar-refractivity contribution in [2.75, 3.05) is 0 Å². The van der Waals surface area contributed by atoms with Crippen LogP contribution in [0.5, 0.6) is 0 Å². The molecule has 0 fully saturated rings. The van der Waals surface area contributed by atoms with Crippen molar-refractivity contribution in [3.8, 4) is 22.3 Å². The zero-order valence-corrected chi connectivity index (χ0v) is 36.0. The first kappa shape index (κ1) is 35.9. The molecule has 6 rings (SSSR count). The van der Waals surface area contributed by atoms with E-state index in [9.17, 15) is 0 Å². The summed E-state index contributed by atoms with van der Waals surface area (Å²) in [6, 6.07) is 32.1. The molecule has 0 saturated carbocycles. The summed E-state index contributed by atoms with van der Waals surface area (Å²) in [5, 5.41) is 0. The van der Waals surface area contributed by atoms with Crippen molar-refractivity contribution >= 4 is 34.6 Å². The molecular weight excluding hydrogens is 719 g/mol. The average molecular weight is 772 g/mol. The second kappa shape index (κ2) is 12.4. The van der Waals surface area contributed by atoms with Crippen molar-refractivity contribution in [2.24, 2.45) is 0 Å². The van der Waals surface area contributed by atoms with Crippen molar-refractivity contribution in [1.82, 2.24) is 0 Å². The molecular formula is C44H53Cl2SiZr. The van der Waals surface area contributed by atoms with E-state index in [1.54, 1.807) is 0 Å². The predicted molar refractivity (Wildman–Crippen MR) is 214 cm³/mol. The summed E-state index contributed by atoms with van der Waals surface area (Å²) in [6.07, 6.45) is 3.39. The van der Waals surface area contributed by atoms with Gasteiger partial charge in [0.2, 0.25) is 0 Å². The standard InChI is InChI=1S/C22H25.C20H21.C2H7Si.2ClH.Zr/c1-6-19-15(2)14-17-8-7-9-20(21(17)19)16-10-12-18(13-11-16)22(3,4)5;1-14-12-16-6-5-7-18(19(16)13-14)15-8-10-17(11-9-15)20(2,3)4;1-3-2;;;/h7-14H,6H2,1-5H3;5-13H,1-4H3;3H,1-2H3;2*1H;/q;;;;;+2/p-2. The summed E-state index contributed by atoms with van der Waals surface area (Å²) >= 11 is -4.80. The van der Waals surface area contributed by atoms with E-state index in [1.165, 1.54) is 72.4 Å². The molecule has 251 valence electrons. The molecule has 0 spiro atoms. The van der Waals surface area contributed by atoms with Gasteiger partial charge < -0.3 is 0 Å². The molecule has 2 aliphatic carbocycles. The van der Waals surface area contributed by atoms with Gasteiger partial charge in [-0.05, 0) is 0 Å². The predicted octanol–water partition coefficient (Wildman–Crippen LogP) is 14.0. The summed E-state index contributed by atoms with van der Waals surface area (Å²) in [7, 11) is 17.2. The average Bonchev–Trinajstić information content (AvgIpc) is 3.53. The van der Waals surface area contributed by atoms with Crippen molar-refractivity contribution in [2.45, 2.75) is 99.9 Å². The van der Waals surface area contributed by atoms with E-state index in [2.05, 4.69) is 166 Å². The number of hydrogen-bond donors (Lipinski definition) is 0. The zero-order chi connectivity index (χ0) is 35.0. The fraction of sp³-hybridized carbons (Fsp3) is 0.364.